The number of benzene rings is 1. The molecule has 134 valence electrons. The Morgan fingerprint density at radius 2 is 1.85 bits per heavy atom. The third-order valence-electron chi connectivity index (χ3n) is 4.51. The van der Waals surface area contributed by atoms with Crippen molar-refractivity contribution >= 4 is 17.5 Å². The number of aromatic nitrogens is 3. The average Bonchev–Trinajstić information content (AvgIpc) is 2.66. The molecule has 0 bridgehead atoms. The molecule has 1 atom stereocenters. The molecular formula is C21H25N5. The fourth-order valence-corrected chi connectivity index (χ4v) is 2.57. The van der Waals surface area contributed by atoms with Gasteiger partial charge >= 0.3 is 0 Å². The molecule has 3 rings (SSSR count). The lowest BCUT2D eigenvalue weighted by molar-refractivity contribution is 0.753. The standard InChI is InChI=1S/C21H25N5/c1-5-15(3)23-21-25-19(18-10-6-7-12-22-18)13-20(26-21)24-17-11-8-9-14(2)16(17)4/h6-13,15H,5H2,1-4H3,(H2,23,24,25,26)/t15-/m1/s1. The fourth-order valence-electron chi connectivity index (χ4n) is 2.57. The Morgan fingerprint density at radius 1 is 1.00 bits per heavy atom. The van der Waals surface area contributed by atoms with Crippen LogP contribution in [0.3, 0.4) is 0 Å². The SMILES string of the molecule is CC[C@@H](C)Nc1nc(Nc2cccc(C)c2C)cc(-c2ccccn2)n1. The van der Waals surface area contributed by atoms with Crippen LogP contribution in [0, 0.1) is 13.8 Å². The van der Waals surface area contributed by atoms with E-state index in [9.17, 15) is 0 Å². The van der Waals surface area contributed by atoms with Crippen LogP contribution >= 0.6 is 0 Å². The summed E-state index contributed by atoms with van der Waals surface area (Å²) in [6.45, 7) is 8.47. The fraction of sp³-hybridized carbons (Fsp3) is 0.286. The summed E-state index contributed by atoms with van der Waals surface area (Å²) >= 11 is 0. The first-order chi connectivity index (χ1) is 12.6. The predicted molar refractivity (Wildman–Crippen MR) is 108 cm³/mol. The Labute approximate surface area is 154 Å². The van der Waals surface area contributed by atoms with Crippen LogP contribution in [0.5, 0.6) is 0 Å². The molecule has 3 aromatic rings. The highest BCUT2D eigenvalue weighted by atomic mass is 15.2. The van der Waals surface area contributed by atoms with E-state index in [2.05, 4.69) is 65.4 Å². The normalized spacial score (nSPS) is 11.8. The molecule has 0 spiro atoms. The average molecular weight is 347 g/mol. The zero-order chi connectivity index (χ0) is 18.5. The molecule has 5 nitrogen and oxygen atoms in total. The van der Waals surface area contributed by atoms with E-state index < -0.39 is 0 Å². The number of anilines is 3. The third-order valence-corrected chi connectivity index (χ3v) is 4.51. The summed E-state index contributed by atoms with van der Waals surface area (Å²) < 4.78 is 0. The van der Waals surface area contributed by atoms with Gasteiger partial charge in [0.2, 0.25) is 5.95 Å². The summed E-state index contributed by atoms with van der Waals surface area (Å²) in [5, 5.41) is 6.80. The molecule has 0 unspecified atom stereocenters. The molecule has 0 aliphatic carbocycles. The van der Waals surface area contributed by atoms with Gasteiger partial charge in [-0.15, -0.1) is 0 Å². The zero-order valence-electron chi connectivity index (χ0n) is 15.7. The van der Waals surface area contributed by atoms with Crippen LogP contribution in [0.25, 0.3) is 11.4 Å². The van der Waals surface area contributed by atoms with Crippen LogP contribution in [0.15, 0.2) is 48.7 Å². The Bertz CT molecular complexity index is 877. The predicted octanol–water partition coefficient (Wildman–Crippen LogP) is 5.11. The van der Waals surface area contributed by atoms with E-state index in [0.717, 1.165) is 29.3 Å². The zero-order valence-corrected chi connectivity index (χ0v) is 15.7. The first-order valence-electron chi connectivity index (χ1n) is 8.97. The molecular weight excluding hydrogens is 322 g/mol. The van der Waals surface area contributed by atoms with E-state index in [1.54, 1.807) is 6.20 Å². The molecule has 5 heteroatoms. The van der Waals surface area contributed by atoms with Crippen molar-refractivity contribution in [1.82, 2.24) is 15.0 Å². The van der Waals surface area contributed by atoms with Gasteiger partial charge < -0.3 is 10.6 Å². The Hall–Kier alpha value is -2.95. The van der Waals surface area contributed by atoms with Gasteiger partial charge in [0.05, 0.1) is 11.4 Å². The second-order valence-electron chi connectivity index (χ2n) is 6.50. The highest BCUT2D eigenvalue weighted by Gasteiger charge is 2.10. The maximum Gasteiger partial charge on any atom is 0.225 e. The van der Waals surface area contributed by atoms with Crippen molar-refractivity contribution in [3.63, 3.8) is 0 Å². The molecule has 2 N–H and O–H groups in total. The van der Waals surface area contributed by atoms with E-state index >= 15 is 0 Å². The largest absolute Gasteiger partial charge is 0.352 e. The minimum Gasteiger partial charge on any atom is -0.352 e. The minimum atomic E-state index is 0.294. The highest BCUT2D eigenvalue weighted by Crippen LogP contribution is 2.25. The summed E-state index contributed by atoms with van der Waals surface area (Å²) in [7, 11) is 0. The van der Waals surface area contributed by atoms with Crippen LogP contribution < -0.4 is 10.6 Å². The van der Waals surface area contributed by atoms with Crippen LogP contribution in [-0.2, 0) is 0 Å². The molecule has 0 aliphatic heterocycles. The number of hydrogen-bond donors (Lipinski definition) is 2. The van der Waals surface area contributed by atoms with E-state index in [0.29, 0.717) is 12.0 Å². The van der Waals surface area contributed by atoms with Gasteiger partial charge in [-0.1, -0.05) is 25.1 Å². The van der Waals surface area contributed by atoms with Gasteiger partial charge in [-0.25, -0.2) is 4.98 Å². The topological polar surface area (TPSA) is 62.7 Å². The second kappa shape index (κ2) is 7.95. The lowest BCUT2D eigenvalue weighted by Crippen LogP contribution is -2.16. The smallest absolute Gasteiger partial charge is 0.225 e. The van der Waals surface area contributed by atoms with Crippen molar-refractivity contribution in [2.45, 2.75) is 40.2 Å². The van der Waals surface area contributed by atoms with Gasteiger partial charge in [0.15, 0.2) is 0 Å². The molecule has 26 heavy (non-hydrogen) atoms. The number of rotatable bonds is 6. The van der Waals surface area contributed by atoms with Gasteiger partial charge in [0.1, 0.15) is 5.82 Å². The summed E-state index contributed by atoms with van der Waals surface area (Å²) in [6.07, 6.45) is 2.77. The molecule has 0 amide bonds. The lowest BCUT2D eigenvalue weighted by Gasteiger charge is -2.15. The Kier molecular flexibility index (Phi) is 5.46. The summed E-state index contributed by atoms with van der Waals surface area (Å²) in [6, 6.07) is 14.3. The summed E-state index contributed by atoms with van der Waals surface area (Å²) in [4.78, 5) is 13.7. The van der Waals surface area contributed by atoms with Crippen molar-refractivity contribution < 1.29 is 0 Å². The molecule has 0 fully saturated rings. The van der Waals surface area contributed by atoms with E-state index in [-0.39, 0.29) is 0 Å². The molecule has 0 saturated carbocycles. The van der Waals surface area contributed by atoms with Gasteiger partial charge in [-0.2, -0.15) is 4.98 Å². The maximum absolute atomic E-state index is 4.65. The minimum absolute atomic E-state index is 0.294. The van der Waals surface area contributed by atoms with Crippen molar-refractivity contribution in [2.24, 2.45) is 0 Å². The number of nitrogens with one attached hydrogen (secondary N) is 2. The summed E-state index contributed by atoms with van der Waals surface area (Å²) in [5.74, 6) is 1.36. The number of pyridine rings is 1. The quantitative estimate of drug-likeness (QED) is 0.649. The van der Waals surface area contributed by atoms with Gasteiger partial charge in [0, 0.05) is 24.0 Å². The molecule has 2 heterocycles. The number of hydrogen-bond acceptors (Lipinski definition) is 5. The molecule has 0 saturated heterocycles. The number of nitrogens with zero attached hydrogens (tertiary/aromatic N) is 3. The highest BCUT2D eigenvalue weighted by molar-refractivity contribution is 5.67. The molecule has 0 aliphatic rings. The molecule has 0 radical (unpaired) electrons. The Balaban J connectivity index is 2.00. The van der Waals surface area contributed by atoms with Crippen molar-refractivity contribution in [3.05, 3.63) is 59.8 Å². The first kappa shape index (κ1) is 17.9. The van der Waals surface area contributed by atoms with Crippen LogP contribution in [0.2, 0.25) is 0 Å². The summed E-state index contributed by atoms with van der Waals surface area (Å²) in [5.41, 5.74) is 5.12. The number of aryl methyl sites for hydroxylation is 1. The van der Waals surface area contributed by atoms with Gasteiger partial charge in [0.25, 0.3) is 0 Å². The molecule has 2 aromatic heterocycles. The van der Waals surface area contributed by atoms with Crippen molar-refractivity contribution in [1.29, 1.82) is 0 Å². The van der Waals surface area contributed by atoms with Crippen LogP contribution in [0.4, 0.5) is 17.5 Å². The van der Waals surface area contributed by atoms with Gasteiger partial charge in [-0.05, 0) is 56.5 Å². The van der Waals surface area contributed by atoms with E-state index in [1.165, 1.54) is 11.1 Å². The molecule has 1 aromatic carbocycles. The van der Waals surface area contributed by atoms with Crippen LogP contribution in [0.1, 0.15) is 31.4 Å². The lowest BCUT2D eigenvalue weighted by atomic mass is 10.1. The van der Waals surface area contributed by atoms with Gasteiger partial charge in [-0.3, -0.25) is 4.98 Å². The Morgan fingerprint density at radius 3 is 2.58 bits per heavy atom. The first-order valence-corrected chi connectivity index (χ1v) is 8.97. The van der Waals surface area contributed by atoms with E-state index in [1.807, 2.05) is 30.3 Å². The van der Waals surface area contributed by atoms with Crippen LogP contribution in [-0.4, -0.2) is 21.0 Å². The van der Waals surface area contributed by atoms with Crippen molar-refractivity contribution in [3.8, 4) is 11.4 Å². The maximum atomic E-state index is 4.65. The van der Waals surface area contributed by atoms with E-state index in [4.69, 9.17) is 0 Å². The monoisotopic (exact) mass is 347 g/mol. The van der Waals surface area contributed by atoms with Crippen molar-refractivity contribution in [2.75, 3.05) is 10.6 Å². The second-order valence-corrected chi connectivity index (χ2v) is 6.50. The third kappa shape index (κ3) is 4.17.